The molecule has 2 heterocycles. The maximum Gasteiger partial charge on any atom is 0.120 e. The average molecular weight is 521 g/mol. The Morgan fingerprint density at radius 2 is 1.71 bits per heavy atom. The second kappa shape index (κ2) is 11.5. The van der Waals surface area contributed by atoms with Gasteiger partial charge < -0.3 is 14.7 Å². The number of β-amino-alcohol motifs (C(OH)–C–C–N with tert-alkyl or cyclic N) is 1. The highest BCUT2D eigenvalue weighted by Crippen LogP contribution is 2.33. The number of hydrogen-bond acceptors (Lipinski definition) is 5. The van der Waals surface area contributed by atoms with Crippen LogP contribution in [-0.4, -0.2) is 47.3 Å². The van der Waals surface area contributed by atoms with Gasteiger partial charge >= 0.3 is 0 Å². The molecule has 0 amide bonds. The molecular weight excluding hydrogens is 488 g/mol. The summed E-state index contributed by atoms with van der Waals surface area (Å²) in [5.41, 5.74) is 3.54. The van der Waals surface area contributed by atoms with Gasteiger partial charge in [-0.3, -0.25) is 0 Å². The number of nitrogens with zero attached hydrogens (tertiary/aromatic N) is 2. The van der Waals surface area contributed by atoms with Crippen LogP contribution in [0.4, 0.5) is 0 Å². The molecule has 1 aliphatic rings. The number of thiazole rings is 1. The number of hydrogen-bond donors (Lipinski definition) is 1. The Morgan fingerprint density at radius 3 is 2.61 bits per heavy atom. The quantitative estimate of drug-likeness (QED) is 0.234. The first-order chi connectivity index (χ1) is 18.7. The van der Waals surface area contributed by atoms with Gasteiger partial charge in [-0.15, -0.1) is 11.3 Å². The summed E-state index contributed by atoms with van der Waals surface area (Å²) in [7, 11) is 0. The van der Waals surface area contributed by atoms with Crippen molar-refractivity contribution in [1.82, 2.24) is 9.88 Å². The molecule has 192 valence electrons. The van der Waals surface area contributed by atoms with Gasteiger partial charge in [-0.25, -0.2) is 4.98 Å². The summed E-state index contributed by atoms with van der Waals surface area (Å²) >= 11 is 1.68. The number of piperidine rings is 1. The molecule has 0 unspecified atom stereocenters. The van der Waals surface area contributed by atoms with Crippen LogP contribution in [-0.2, 0) is 0 Å². The van der Waals surface area contributed by atoms with Gasteiger partial charge in [-0.05, 0) is 84.1 Å². The Kier molecular flexibility index (Phi) is 7.49. The fraction of sp³-hybridized carbons (Fsp3) is 0.242. The van der Waals surface area contributed by atoms with E-state index in [9.17, 15) is 5.11 Å². The molecule has 1 aromatic heterocycles. The van der Waals surface area contributed by atoms with Crippen LogP contribution in [0.15, 0.2) is 91.0 Å². The lowest BCUT2D eigenvalue weighted by atomic mass is 9.86. The molecule has 0 aliphatic carbocycles. The second-order valence-corrected chi connectivity index (χ2v) is 11.1. The predicted molar refractivity (Wildman–Crippen MR) is 159 cm³/mol. The summed E-state index contributed by atoms with van der Waals surface area (Å²) in [6, 6.07) is 31.5. The molecule has 0 bridgehead atoms. The lowest BCUT2D eigenvalue weighted by molar-refractivity contribution is 0.0595. The van der Waals surface area contributed by atoms with Crippen molar-refractivity contribution in [2.45, 2.75) is 24.9 Å². The Balaban J connectivity index is 0.995. The molecule has 1 saturated heterocycles. The van der Waals surface area contributed by atoms with Gasteiger partial charge in [0.1, 0.15) is 23.5 Å². The molecule has 1 aliphatic heterocycles. The van der Waals surface area contributed by atoms with Crippen molar-refractivity contribution in [3.8, 4) is 5.75 Å². The highest BCUT2D eigenvalue weighted by Gasteiger charge is 2.23. The fourth-order valence-corrected chi connectivity index (χ4v) is 6.28. The number of likely N-dealkylation sites (tertiary alicyclic amines) is 1. The molecule has 5 aromatic rings. The van der Waals surface area contributed by atoms with E-state index in [0.717, 1.165) is 47.8 Å². The normalized spacial score (nSPS) is 15.9. The molecule has 1 atom stereocenters. The Bertz CT molecular complexity index is 1510. The van der Waals surface area contributed by atoms with E-state index in [4.69, 9.17) is 4.74 Å². The van der Waals surface area contributed by atoms with Crippen molar-refractivity contribution >= 4 is 44.5 Å². The third-order valence-corrected chi connectivity index (χ3v) is 8.35. The summed E-state index contributed by atoms with van der Waals surface area (Å²) in [5.74, 6) is 1.34. The van der Waals surface area contributed by atoms with Crippen LogP contribution in [0.1, 0.15) is 34.9 Å². The highest BCUT2D eigenvalue weighted by atomic mass is 32.1. The van der Waals surface area contributed by atoms with E-state index >= 15 is 0 Å². The van der Waals surface area contributed by atoms with Gasteiger partial charge in [0.05, 0.1) is 10.2 Å². The standard InChI is InChI=1S/C33H32N2O2S/c36-27(22-35-19-17-26(18-20-35)30-12-6-9-25-8-1-2-11-29(25)30)23-37-28-10-5-7-24(21-28)15-16-33-34-31-13-3-4-14-32(31)38-33/h1-16,21,26-27,36H,17-20,22-23H2/t27-/m0/s1. The maximum absolute atomic E-state index is 10.7. The van der Waals surface area contributed by atoms with Crippen LogP contribution in [0.3, 0.4) is 0 Å². The van der Waals surface area contributed by atoms with Gasteiger partial charge in [0, 0.05) is 6.54 Å². The number of aliphatic hydroxyl groups is 1. The monoisotopic (exact) mass is 520 g/mol. The topological polar surface area (TPSA) is 45.6 Å². The van der Waals surface area contributed by atoms with Crippen molar-refractivity contribution in [2.24, 2.45) is 0 Å². The molecule has 0 spiro atoms. The number of para-hydroxylation sites is 1. The molecule has 0 radical (unpaired) electrons. The van der Waals surface area contributed by atoms with E-state index in [2.05, 4.69) is 64.5 Å². The Morgan fingerprint density at radius 1 is 0.921 bits per heavy atom. The minimum absolute atomic E-state index is 0.286. The molecule has 4 nitrogen and oxygen atoms in total. The zero-order chi connectivity index (χ0) is 25.7. The average Bonchev–Trinajstić information content (AvgIpc) is 3.39. The minimum Gasteiger partial charge on any atom is -0.491 e. The Labute approximate surface area is 227 Å². The van der Waals surface area contributed by atoms with Crippen LogP contribution >= 0.6 is 11.3 Å². The molecule has 1 N–H and O–H groups in total. The SMILES string of the molecule is O[C@H](COc1cccc(C=Cc2nc3ccccc3s2)c1)CN1CCC(c2cccc3ccccc23)CC1. The largest absolute Gasteiger partial charge is 0.491 e. The molecule has 1 fully saturated rings. The van der Waals surface area contributed by atoms with Crippen LogP contribution < -0.4 is 4.74 Å². The zero-order valence-electron chi connectivity index (χ0n) is 21.4. The van der Waals surface area contributed by atoms with Gasteiger partial charge in [-0.2, -0.15) is 0 Å². The summed E-state index contributed by atoms with van der Waals surface area (Å²) in [6.07, 6.45) is 5.81. The number of ether oxygens (including phenoxy) is 1. The maximum atomic E-state index is 10.7. The van der Waals surface area contributed by atoms with E-state index in [-0.39, 0.29) is 6.61 Å². The molecular formula is C33H32N2O2S. The number of aromatic nitrogens is 1. The predicted octanol–water partition coefficient (Wildman–Crippen LogP) is 7.24. The first-order valence-corrected chi connectivity index (χ1v) is 14.2. The van der Waals surface area contributed by atoms with Gasteiger partial charge in [-0.1, -0.05) is 72.8 Å². The fourth-order valence-electron chi connectivity index (χ4n) is 5.41. The van der Waals surface area contributed by atoms with Crippen LogP contribution in [0.25, 0.3) is 33.1 Å². The number of rotatable bonds is 8. The van der Waals surface area contributed by atoms with E-state index < -0.39 is 6.10 Å². The zero-order valence-corrected chi connectivity index (χ0v) is 22.2. The van der Waals surface area contributed by atoms with Crippen LogP contribution in [0.5, 0.6) is 5.75 Å². The van der Waals surface area contributed by atoms with Gasteiger partial charge in [0.15, 0.2) is 0 Å². The first kappa shape index (κ1) is 24.8. The lowest BCUT2D eigenvalue weighted by Crippen LogP contribution is -2.40. The number of fused-ring (bicyclic) bond motifs is 2. The minimum atomic E-state index is -0.522. The van der Waals surface area contributed by atoms with E-state index in [1.165, 1.54) is 21.0 Å². The van der Waals surface area contributed by atoms with Gasteiger partial charge in [0.25, 0.3) is 0 Å². The van der Waals surface area contributed by atoms with E-state index in [1.807, 2.05) is 48.5 Å². The summed E-state index contributed by atoms with van der Waals surface area (Å²) in [5, 5.41) is 14.4. The molecule has 0 saturated carbocycles. The second-order valence-electron chi connectivity index (χ2n) is 10.0. The summed E-state index contributed by atoms with van der Waals surface area (Å²) < 4.78 is 7.16. The van der Waals surface area contributed by atoms with Crippen molar-refractivity contribution in [2.75, 3.05) is 26.2 Å². The molecule has 4 aromatic carbocycles. The van der Waals surface area contributed by atoms with Crippen LogP contribution in [0, 0.1) is 0 Å². The van der Waals surface area contributed by atoms with Crippen molar-refractivity contribution in [3.63, 3.8) is 0 Å². The summed E-state index contributed by atoms with van der Waals surface area (Å²) in [6.45, 7) is 2.92. The van der Waals surface area contributed by atoms with Gasteiger partial charge in [0.2, 0.25) is 0 Å². The third kappa shape index (κ3) is 5.81. The van der Waals surface area contributed by atoms with E-state index in [1.54, 1.807) is 11.3 Å². The lowest BCUT2D eigenvalue weighted by Gasteiger charge is -2.33. The number of aliphatic hydroxyl groups excluding tert-OH is 1. The molecule has 6 rings (SSSR count). The smallest absolute Gasteiger partial charge is 0.120 e. The molecule has 38 heavy (non-hydrogen) atoms. The van der Waals surface area contributed by atoms with Crippen LogP contribution in [0.2, 0.25) is 0 Å². The number of benzene rings is 4. The first-order valence-electron chi connectivity index (χ1n) is 13.4. The highest BCUT2D eigenvalue weighted by molar-refractivity contribution is 7.19. The van der Waals surface area contributed by atoms with Crippen molar-refractivity contribution in [1.29, 1.82) is 0 Å². The third-order valence-electron chi connectivity index (χ3n) is 7.35. The van der Waals surface area contributed by atoms with Crippen molar-refractivity contribution < 1.29 is 9.84 Å². The Hall–Kier alpha value is -3.51. The molecule has 5 heteroatoms. The summed E-state index contributed by atoms with van der Waals surface area (Å²) in [4.78, 5) is 7.03. The van der Waals surface area contributed by atoms with E-state index in [0.29, 0.717) is 12.5 Å². The van der Waals surface area contributed by atoms with Crippen molar-refractivity contribution in [3.05, 3.63) is 107 Å².